The summed E-state index contributed by atoms with van der Waals surface area (Å²) in [5.74, 6) is -0.467. The Morgan fingerprint density at radius 3 is 2.17 bits per heavy atom. The fourth-order valence-corrected chi connectivity index (χ4v) is 5.05. The molecule has 0 amide bonds. The van der Waals surface area contributed by atoms with E-state index in [0.29, 0.717) is 24.4 Å². The predicted octanol–water partition coefficient (Wildman–Crippen LogP) is 8.17. The minimum Gasteiger partial charge on any atom is -0.486 e. The fraction of sp³-hybridized carbons (Fsp3) is 0.382. The van der Waals surface area contributed by atoms with Gasteiger partial charge in [-0.25, -0.2) is 9.18 Å². The lowest BCUT2D eigenvalue weighted by molar-refractivity contribution is -0.192. The van der Waals surface area contributed by atoms with Crippen LogP contribution in [0.15, 0.2) is 75.9 Å². The van der Waals surface area contributed by atoms with E-state index in [1.54, 1.807) is 18.2 Å². The van der Waals surface area contributed by atoms with Crippen LogP contribution >= 0.6 is 0 Å². The van der Waals surface area contributed by atoms with E-state index < -0.39 is 11.4 Å². The van der Waals surface area contributed by atoms with E-state index in [1.165, 1.54) is 24.8 Å². The molecule has 0 atom stereocenters. The summed E-state index contributed by atoms with van der Waals surface area (Å²) in [5, 5.41) is 0.356. The van der Waals surface area contributed by atoms with Gasteiger partial charge in [0.05, 0.1) is 19.1 Å². The molecule has 0 radical (unpaired) electrons. The second-order valence-electron chi connectivity index (χ2n) is 10.5. The van der Waals surface area contributed by atoms with Crippen LogP contribution in [0.4, 0.5) is 4.39 Å². The third-order valence-corrected chi connectivity index (χ3v) is 7.56. The van der Waals surface area contributed by atoms with Crippen molar-refractivity contribution in [3.05, 3.63) is 99.9 Å². The van der Waals surface area contributed by atoms with Crippen molar-refractivity contribution in [1.82, 2.24) is 0 Å². The molecule has 0 aliphatic carbocycles. The molecule has 5 rings (SSSR count). The van der Waals surface area contributed by atoms with Crippen molar-refractivity contribution in [2.75, 3.05) is 13.2 Å². The number of benzene rings is 3. The molecule has 0 bridgehead atoms. The number of fused-ring (bicyclic) bond motifs is 1. The van der Waals surface area contributed by atoms with Crippen LogP contribution in [0.3, 0.4) is 0 Å². The van der Waals surface area contributed by atoms with E-state index in [0.717, 1.165) is 36.0 Å². The van der Waals surface area contributed by atoms with Crippen LogP contribution in [0.5, 0.6) is 5.75 Å². The van der Waals surface area contributed by atoms with E-state index in [9.17, 15) is 4.79 Å². The summed E-state index contributed by atoms with van der Waals surface area (Å²) in [7, 11) is 0. The molecule has 4 aromatic rings. The van der Waals surface area contributed by atoms with Gasteiger partial charge in [-0.05, 0) is 59.0 Å². The standard InChI is InChI=1S/C34H37FO5/c1-3-5-6-7-8-31-38-21-28(22-39-31)30-19-27-17-18-29(33(35)32(27)34(36)40-30)37-20-24-11-15-26(16-12-24)25-13-9-23(4-2)10-14-25/h9-19,28,31H,3-8,20-22H2,1-2H3. The summed E-state index contributed by atoms with van der Waals surface area (Å²) in [6.45, 7) is 5.30. The zero-order valence-corrected chi connectivity index (χ0v) is 23.3. The van der Waals surface area contributed by atoms with Gasteiger partial charge >= 0.3 is 5.63 Å². The highest BCUT2D eigenvalue weighted by Gasteiger charge is 2.26. The van der Waals surface area contributed by atoms with E-state index >= 15 is 4.39 Å². The molecule has 40 heavy (non-hydrogen) atoms. The Morgan fingerprint density at radius 1 is 0.850 bits per heavy atom. The molecule has 1 fully saturated rings. The number of ether oxygens (including phenoxy) is 3. The van der Waals surface area contributed by atoms with Gasteiger partial charge in [0, 0.05) is 0 Å². The van der Waals surface area contributed by atoms with Crippen molar-refractivity contribution in [1.29, 1.82) is 0 Å². The zero-order valence-electron chi connectivity index (χ0n) is 23.3. The van der Waals surface area contributed by atoms with Crippen molar-refractivity contribution in [2.45, 2.75) is 71.2 Å². The lowest BCUT2D eigenvalue weighted by atomic mass is 10.0. The van der Waals surface area contributed by atoms with Gasteiger partial charge in [0.2, 0.25) is 0 Å². The first-order valence-electron chi connectivity index (χ1n) is 14.4. The maximum absolute atomic E-state index is 15.3. The molecule has 1 saturated heterocycles. The first-order valence-corrected chi connectivity index (χ1v) is 14.4. The molecule has 6 heteroatoms. The van der Waals surface area contributed by atoms with Gasteiger partial charge in [0.1, 0.15) is 17.8 Å². The number of hydrogen-bond acceptors (Lipinski definition) is 5. The third kappa shape index (κ3) is 6.62. The normalized spacial score (nSPS) is 17.3. The van der Waals surface area contributed by atoms with Gasteiger partial charge < -0.3 is 18.6 Å². The fourth-order valence-electron chi connectivity index (χ4n) is 5.05. The van der Waals surface area contributed by atoms with Crippen LogP contribution in [0.25, 0.3) is 21.9 Å². The molecular formula is C34H37FO5. The second-order valence-corrected chi connectivity index (χ2v) is 10.5. The summed E-state index contributed by atoms with van der Waals surface area (Å²) in [5.41, 5.74) is 3.72. The summed E-state index contributed by atoms with van der Waals surface area (Å²) in [4.78, 5) is 12.8. The predicted molar refractivity (Wildman–Crippen MR) is 155 cm³/mol. The Morgan fingerprint density at radius 2 is 1.52 bits per heavy atom. The molecule has 5 nitrogen and oxygen atoms in total. The topological polar surface area (TPSA) is 57.9 Å². The Kier molecular flexibility index (Phi) is 9.30. The number of halogens is 1. The van der Waals surface area contributed by atoms with Gasteiger partial charge in [-0.1, -0.05) is 87.7 Å². The lowest BCUT2D eigenvalue weighted by Crippen LogP contribution is -2.31. The average molecular weight is 545 g/mol. The molecule has 210 valence electrons. The molecule has 1 aliphatic rings. The van der Waals surface area contributed by atoms with Crippen LogP contribution < -0.4 is 10.4 Å². The molecule has 0 saturated carbocycles. The van der Waals surface area contributed by atoms with Crippen LogP contribution in [0, 0.1) is 5.82 Å². The Bertz CT molecular complexity index is 1450. The largest absolute Gasteiger partial charge is 0.486 e. The van der Waals surface area contributed by atoms with Gasteiger partial charge in [0.25, 0.3) is 0 Å². The van der Waals surface area contributed by atoms with Gasteiger partial charge in [-0.15, -0.1) is 0 Å². The van der Waals surface area contributed by atoms with Crippen LogP contribution in [0.1, 0.15) is 68.8 Å². The molecule has 2 heterocycles. The molecule has 0 N–H and O–H groups in total. The monoisotopic (exact) mass is 544 g/mol. The highest BCUT2D eigenvalue weighted by Crippen LogP contribution is 2.30. The molecule has 1 aromatic heterocycles. The highest BCUT2D eigenvalue weighted by atomic mass is 19.1. The van der Waals surface area contributed by atoms with Crippen LogP contribution in [-0.4, -0.2) is 19.5 Å². The Labute approximate surface area is 234 Å². The summed E-state index contributed by atoms with van der Waals surface area (Å²) < 4.78 is 38.4. The molecule has 1 aliphatic heterocycles. The third-order valence-electron chi connectivity index (χ3n) is 7.56. The summed E-state index contributed by atoms with van der Waals surface area (Å²) in [6.07, 6.45) is 6.28. The van der Waals surface area contributed by atoms with E-state index in [2.05, 4.69) is 38.1 Å². The Balaban J connectivity index is 1.22. The minimum absolute atomic E-state index is 0.0158. The molecule has 3 aromatic carbocycles. The first kappa shape index (κ1) is 28.1. The number of rotatable bonds is 11. The second kappa shape index (κ2) is 13.2. The van der Waals surface area contributed by atoms with Crippen molar-refractivity contribution in [3.63, 3.8) is 0 Å². The Hall–Kier alpha value is -3.48. The van der Waals surface area contributed by atoms with Crippen molar-refractivity contribution in [2.24, 2.45) is 0 Å². The SMILES string of the molecule is CCCCCCC1OCC(c2cc3ccc(OCc4ccc(-c5ccc(CC)cc5)cc4)c(F)c3c(=O)o2)CO1. The van der Waals surface area contributed by atoms with Crippen molar-refractivity contribution in [3.8, 4) is 16.9 Å². The maximum atomic E-state index is 15.3. The lowest BCUT2D eigenvalue weighted by Gasteiger charge is -2.28. The van der Waals surface area contributed by atoms with E-state index in [4.69, 9.17) is 18.6 Å². The maximum Gasteiger partial charge on any atom is 0.346 e. The van der Waals surface area contributed by atoms with Gasteiger partial charge in [-0.2, -0.15) is 0 Å². The van der Waals surface area contributed by atoms with E-state index in [-0.39, 0.29) is 30.0 Å². The van der Waals surface area contributed by atoms with E-state index in [1.807, 2.05) is 24.3 Å². The smallest absolute Gasteiger partial charge is 0.346 e. The molecule has 0 spiro atoms. The minimum atomic E-state index is -0.726. The van der Waals surface area contributed by atoms with Crippen LogP contribution in [-0.2, 0) is 22.5 Å². The summed E-state index contributed by atoms with van der Waals surface area (Å²) >= 11 is 0. The van der Waals surface area contributed by atoms with Crippen molar-refractivity contribution < 1.29 is 23.0 Å². The summed E-state index contributed by atoms with van der Waals surface area (Å²) in [6, 6.07) is 21.4. The van der Waals surface area contributed by atoms with Gasteiger partial charge in [-0.3, -0.25) is 0 Å². The first-order chi connectivity index (χ1) is 19.6. The average Bonchev–Trinajstić information content (AvgIpc) is 2.99. The molecule has 0 unspecified atom stereocenters. The highest BCUT2D eigenvalue weighted by molar-refractivity contribution is 5.83. The van der Waals surface area contributed by atoms with Crippen LogP contribution in [0.2, 0.25) is 0 Å². The van der Waals surface area contributed by atoms with Crippen molar-refractivity contribution >= 4 is 10.8 Å². The quantitative estimate of drug-likeness (QED) is 0.178. The number of unbranched alkanes of at least 4 members (excludes halogenated alkanes) is 3. The zero-order chi connectivity index (χ0) is 27.9. The van der Waals surface area contributed by atoms with Gasteiger partial charge in [0.15, 0.2) is 17.9 Å². The number of hydrogen-bond donors (Lipinski definition) is 0. The molecular weight excluding hydrogens is 507 g/mol. The number of aryl methyl sites for hydroxylation is 1.